The first-order chi connectivity index (χ1) is 31.6. The number of alkyl halides is 3. The molecule has 4 aliphatic carbocycles. The summed E-state index contributed by atoms with van der Waals surface area (Å²) in [6.45, 7) is 7.68. The van der Waals surface area contributed by atoms with Crippen molar-refractivity contribution in [3.05, 3.63) is 101 Å². The minimum Gasteiger partial charge on any atom is -0.375 e. The number of benzene rings is 3. The lowest BCUT2D eigenvalue weighted by atomic mass is 9.58. The number of nitrogens with two attached hydrogens (primary N) is 4. The van der Waals surface area contributed by atoms with Gasteiger partial charge in [0, 0.05) is 47.7 Å². The van der Waals surface area contributed by atoms with Crippen molar-refractivity contribution in [1.29, 1.82) is 0 Å². The average Bonchev–Trinajstić information content (AvgIpc) is 4.02. The maximum atomic E-state index is 14.9. The van der Waals surface area contributed by atoms with Crippen LogP contribution in [0.1, 0.15) is 100 Å². The summed E-state index contributed by atoms with van der Waals surface area (Å²) in [5.74, 6) is -4.95. The first-order valence-corrected chi connectivity index (χ1v) is 22.9. The van der Waals surface area contributed by atoms with Crippen molar-refractivity contribution in [2.24, 2.45) is 28.9 Å². The number of nitrogens with zero attached hydrogens (tertiary/aromatic N) is 3. The molecule has 3 aromatic rings. The van der Waals surface area contributed by atoms with E-state index in [1.807, 2.05) is 38.1 Å². The molecule has 15 nitrogen and oxygen atoms in total. The summed E-state index contributed by atoms with van der Waals surface area (Å²) in [4.78, 5) is 89.6. The predicted molar refractivity (Wildman–Crippen MR) is 239 cm³/mol. The van der Waals surface area contributed by atoms with Gasteiger partial charge in [-0.15, -0.1) is 0 Å². The van der Waals surface area contributed by atoms with Crippen molar-refractivity contribution in [2.75, 3.05) is 18.0 Å². The summed E-state index contributed by atoms with van der Waals surface area (Å²) in [6.07, 6.45) is -4.38. The van der Waals surface area contributed by atoms with Crippen LogP contribution in [0, 0.1) is 5.92 Å². The summed E-state index contributed by atoms with van der Waals surface area (Å²) in [6, 6.07) is 17.3. The lowest BCUT2D eigenvalue weighted by Crippen LogP contribution is -2.78. The molecule has 4 amide bonds. The normalized spacial score (nSPS) is 29.9. The third-order valence-corrected chi connectivity index (χ3v) is 16.6. The second kappa shape index (κ2) is 16.6. The van der Waals surface area contributed by atoms with Crippen molar-refractivity contribution in [3.8, 4) is 0 Å². The SMILES string of the molecule is CCC1CC(C2CCCN2[C@@](C(N)=O)(C(=O)OC(N)=O)C2(C)Cc3ccc2cc3)N(c2ccc(C(F)(F)F)cc2)[C@]1(CC)C1CCCN1[C@@](C(N)=O)(C(=O)OC(N)=O)C1(C)Cc2ccc1cc2. The van der Waals surface area contributed by atoms with Gasteiger partial charge in [0.15, 0.2) is 0 Å². The topological polar surface area (TPSA) is 235 Å². The van der Waals surface area contributed by atoms with Crippen molar-refractivity contribution in [3.63, 3.8) is 0 Å². The van der Waals surface area contributed by atoms with Crippen LogP contribution in [0.4, 0.5) is 28.4 Å². The molecule has 3 aliphatic heterocycles. The maximum Gasteiger partial charge on any atom is 0.416 e. The molecule has 0 aromatic heterocycles. The largest absolute Gasteiger partial charge is 0.416 e. The van der Waals surface area contributed by atoms with Gasteiger partial charge in [-0.1, -0.05) is 82.6 Å². The van der Waals surface area contributed by atoms with Gasteiger partial charge in [-0.3, -0.25) is 19.4 Å². The number of ether oxygens (including phenoxy) is 2. The highest BCUT2D eigenvalue weighted by atomic mass is 19.4. The van der Waals surface area contributed by atoms with Crippen molar-refractivity contribution in [2.45, 2.75) is 137 Å². The second-order valence-corrected chi connectivity index (χ2v) is 19.4. The predicted octanol–water partition coefficient (Wildman–Crippen LogP) is 5.11. The zero-order valence-electron chi connectivity index (χ0n) is 38.1. The first kappa shape index (κ1) is 47.5. The minimum atomic E-state index is -4.67. The lowest BCUT2D eigenvalue weighted by molar-refractivity contribution is -0.167. The van der Waals surface area contributed by atoms with Crippen molar-refractivity contribution >= 4 is 41.6 Å². The summed E-state index contributed by atoms with van der Waals surface area (Å²) >= 11 is 0. The van der Waals surface area contributed by atoms with Crippen LogP contribution >= 0.6 is 0 Å². The molecule has 18 heteroatoms. The molecule has 8 N–H and O–H groups in total. The van der Waals surface area contributed by atoms with Crippen LogP contribution in [0.15, 0.2) is 72.8 Å². The number of hydrogen-bond acceptors (Lipinski definition) is 11. The highest BCUT2D eigenvalue weighted by Crippen LogP contribution is 2.58. The molecular weight excluding hydrogens is 872 g/mol. The molecule has 67 heavy (non-hydrogen) atoms. The van der Waals surface area contributed by atoms with E-state index in [0.29, 0.717) is 61.8 Å². The Kier molecular flexibility index (Phi) is 11.8. The number of esters is 2. The Bertz CT molecular complexity index is 2490. The molecular formula is C49H58F3N7O8. The molecule has 0 radical (unpaired) electrons. The van der Waals surface area contributed by atoms with E-state index in [1.54, 1.807) is 47.9 Å². The molecule has 9 atom stereocenters. The number of likely N-dealkylation sites (tertiary alicyclic amines) is 2. The molecule has 6 unspecified atom stereocenters. The molecule has 0 saturated carbocycles. The number of carbonyl (C=O) groups is 6. The van der Waals surface area contributed by atoms with Gasteiger partial charge >= 0.3 is 30.3 Å². The third kappa shape index (κ3) is 6.74. The van der Waals surface area contributed by atoms with Gasteiger partial charge in [0.25, 0.3) is 11.8 Å². The smallest absolute Gasteiger partial charge is 0.375 e. The van der Waals surface area contributed by atoms with Crippen LogP contribution in [0.2, 0.25) is 0 Å². The molecule has 358 valence electrons. The van der Waals surface area contributed by atoms with E-state index in [1.165, 1.54) is 12.1 Å². The van der Waals surface area contributed by atoms with Gasteiger partial charge in [0.2, 0.25) is 11.1 Å². The summed E-state index contributed by atoms with van der Waals surface area (Å²) in [7, 11) is 0. The molecule has 3 fully saturated rings. The number of fused-ring (bicyclic) bond motifs is 6. The summed E-state index contributed by atoms with van der Waals surface area (Å²) in [5.41, 5.74) is 17.7. The van der Waals surface area contributed by atoms with E-state index in [0.717, 1.165) is 23.3 Å². The fourth-order valence-corrected chi connectivity index (χ4v) is 14.0. The van der Waals surface area contributed by atoms with Crippen LogP contribution in [-0.4, -0.2) is 93.6 Å². The molecule has 4 bridgehead atoms. The van der Waals surface area contributed by atoms with E-state index in [4.69, 9.17) is 32.4 Å². The van der Waals surface area contributed by atoms with E-state index in [2.05, 4.69) is 4.90 Å². The maximum absolute atomic E-state index is 14.9. The first-order valence-electron chi connectivity index (χ1n) is 22.9. The standard InChI is InChI=1S/C49H58F3N7O8/c1-5-30-25-36(35-9-7-23-57(35)47(38(53)60,40(62)66-42(55)64)44(3)26-28-11-15-31(44)16-12-28)59(34-21-19-33(20-22-34)49(50,51)52)46(30,6-2)37-10-8-24-58(37)48(39(54)61,41(63)67-43(56)65)45(4)27-29-13-17-32(45)18-14-29/h11-22,30,35-37H,5-10,23-27H2,1-4H3,(H2,53,60)(H2,54,61)(H2,55,64)(H2,56,65)/t30?,35?,36?,37?,44?,45?,46-,47-,48-/m0/s1. The van der Waals surface area contributed by atoms with E-state index >= 15 is 0 Å². The van der Waals surface area contributed by atoms with Gasteiger partial charge in [-0.2, -0.15) is 13.2 Å². The average molecular weight is 930 g/mol. The van der Waals surface area contributed by atoms with Gasteiger partial charge in [-0.05, 0) is 104 Å². The Labute approximate surface area is 386 Å². The summed E-state index contributed by atoms with van der Waals surface area (Å²) in [5, 5.41) is 0. The number of carbonyl (C=O) groups excluding carboxylic acids is 6. The minimum absolute atomic E-state index is 0.132. The number of hydrogen-bond donors (Lipinski definition) is 4. The van der Waals surface area contributed by atoms with Crippen LogP contribution in [0.5, 0.6) is 0 Å². The number of rotatable bonds is 13. The molecule has 7 aliphatic rings. The van der Waals surface area contributed by atoms with Gasteiger partial charge in [0.1, 0.15) is 0 Å². The van der Waals surface area contributed by atoms with Gasteiger partial charge in [0.05, 0.1) is 11.1 Å². The van der Waals surface area contributed by atoms with Crippen LogP contribution in [0.3, 0.4) is 0 Å². The third-order valence-electron chi connectivity index (χ3n) is 16.6. The number of anilines is 1. The quantitative estimate of drug-likeness (QED) is 0.130. The Hall–Kier alpha value is -6.01. The van der Waals surface area contributed by atoms with Crippen molar-refractivity contribution < 1.29 is 51.4 Å². The number of amides is 4. The highest BCUT2D eigenvalue weighted by Gasteiger charge is 2.72. The van der Waals surface area contributed by atoms with Crippen LogP contribution < -0.4 is 27.8 Å². The van der Waals surface area contributed by atoms with Gasteiger partial charge in [-0.25, -0.2) is 19.2 Å². The van der Waals surface area contributed by atoms with Crippen LogP contribution in [-0.2, 0) is 58.5 Å². The lowest BCUT2D eigenvalue weighted by Gasteiger charge is -2.59. The fourth-order valence-electron chi connectivity index (χ4n) is 14.0. The molecule has 3 saturated heterocycles. The summed E-state index contributed by atoms with van der Waals surface area (Å²) < 4.78 is 53.4. The zero-order chi connectivity index (χ0) is 48.6. The number of halogens is 3. The molecule has 3 heterocycles. The Morgan fingerprint density at radius 2 is 1.12 bits per heavy atom. The zero-order valence-corrected chi connectivity index (χ0v) is 38.1. The second-order valence-electron chi connectivity index (χ2n) is 19.4. The van der Waals surface area contributed by atoms with E-state index in [9.17, 15) is 41.9 Å². The van der Waals surface area contributed by atoms with Crippen LogP contribution in [0.25, 0.3) is 0 Å². The molecule has 10 rings (SSSR count). The Morgan fingerprint density at radius 1 is 0.657 bits per heavy atom. The molecule has 0 spiro atoms. The number of primary amides is 4. The Balaban J connectivity index is 1.36. The van der Waals surface area contributed by atoms with E-state index < -0.39 is 93.3 Å². The monoisotopic (exact) mass is 929 g/mol. The van der Waals surface area contributed by atoms with E-state index in [-0.39, 0.29) is 31.8 Å². The van der Waals surface area contributed by atoms with Crippen molar-refractivity contribution in [1.82, 2.24) is 9.80 Å². The van der Waals surface area contributed by atoms with Gasteiger partial charge < -0.3 is 37.3 Å². The highest BCUT2D eigenvalue weighted by molar-refractivity contribution is 6.12. The fraction of sp³-hybridized carbons (Fsp3) is 0.510. The Morgan fingerprint density at radius 3 is 1.52 bits per heavy atom. The molecule has 3 aromatic carbocycles.